The molecule has 0 radical (unpaired) electrons. The molecule has 4 unspecified atom stereocenters. The van der Waals surface area contributed by atoms with Crippen molar-refractivity contribution < 1.29 is 60.6 Å². The van der Waals surface area contributed by atoms with E-state index in [-0.39, 0.29) is 6.54 Å². The van der Waals surface area contributed by atoms with Gasteiger partial charge in [0.15, 0.2) is 12.0 Å². The number of nitrogens with one attached hydrogen (secondary N) is 2. The number of aromatic nitrogens is 2. The van der Waals surface area contributed by atoms with Gasteiger partial charge in [0.2, 0.25) is 0 Å². The number of hydrogen-bond donors (Lipinski definition) is 7. The second-order valence-electron chi connectivity index (χ2n) is 6.40. The molecule has 31 heavy (non-hydrogen) atoms. The van der Waals surface area contributed by atoms with Gasteiger partial charge in [0.05, 0.1) is 12.8 Å². The number of aromatic amines is 1. The van der Waals surface area contributed by atoms with E-state index in [9.17, 15) is 32.9 Å². The number of phosphoric ester groups is 1. The van der Waals surface area contributed by atoms with Gasteiger partial charge in [-0.1, -0.05) is 12.2 Å². The number of nitrogens with zero attached hydrogens (tertiary/aromatic N) is 1. The lowest BCUT2D eigenvalue weighted by atomic mass is 10.00. The Morgan fingerprint density at radius 3 is 2.42 bits per heavy atom. The summed E-state index contributed by atoms with van der Waals surface area (Å²) in [7, 11) is -16.7. The van der Waals surface area contributed by atoms with E-state index < -0.39 is 70.2 Å². The zero-order valence-corrected chi connectivity index (χ0v) is 18.3. The molecule has 21 heteroatoms. The molecule has 2 aliphatic rings. The number of aliphatic hydroxyl groups is 1. The molecule has 3 heterocycles. The first kappa shape index (κ1) is 25.0. The average Bonchev–Trinajstić information content (AvgIpc) is 3.31. The van der Waals surface area contributed by atoms with Crippen molar-refractivity contribution in [2.45, 2.75) is 24.0 Å². The Hall–Kier alpha value is -0.680. The van der Waals surface area contributed by atoms with E-state index in [1.807, 2.05) is 0 Å². The van der Waals surface area contributed by atoms with Gasteiger partial charge in [0.1, 0.15) is 22.4 Å². The van der Waals surface area contributed by atoms with Crippen LogP contribution in [-0.4, -0.2) is 65.1 Å². The molecule has 2 saturated heterocycles. The Morgan fingerprint density at radius 2 is 1.87 bits per heavy atom. The maximum atomic E-state index is 13.8. The third-order valence-electron chi connectivity index (χ3n) is 4.20. The smallest absolute Gasteiger partial charge is 0.388 e. The Bertz CT molecular complexity index is 1130. The number of H-pyrrole nitrogens is 1. The Labute approximate surface area is 176 Å². The minimum atomic E-state index is -5.72. The first-order valence-corrected chi connectivity index (χ1v) is 12.9. The van der Waals surface area contributed by atoms with Crippen molar-refractivity contribution in [3.05, 3.63) is 27.1 Å². The molecule has 1 spiro atoms. The molecule has 3 rings (SSSR count). The molecular formula is C10H15FN3O13P3S. The second kappa shape index (κ2) is 8.27. The van der Waals surface area contributed by atoms with E-state index in [1.165, 1.54) is 0 Å². The lowest BCUT2D eigenvalue weighted by Gasteiger charge is -2.19. The predicted molar refractivity (Wildman–Crippen MR) is 96.3 cm³/mol. The number of phosphoric acid groups is 3. The van der Waals surface area contributed by atoms with Crippen molar-refractivity contribution in [1.29, 1.82) is 0 Å². The van der Waals surface area contributed by atoms with E-state index in [0.717, 1.165) is 10.8 Å². The number of halogens is 1. The highest BCUT2D eigenvalue weighted by Gasteiger charge is 2.65. The molecule has 0 bridgehead atoms. The van der Waals surface area contributed by atoms with Gasteiger partial charge >= 0.3 is 29.2 Å². The van der Waals surface area contributed by atoms with Gasteiger partial charge in [0, 0.05) is 6.54 Å². The molecule has 0 amide bonds. The minimum absolute atomic E-state index is 0.105. The summed E-state index contributed by atoms with van der Waals surface area (Å²) < 4.78 is 64.9. The summed E-state index contributed by atoms with van der Waals surface area (Å²) in [6.07, 6.45) is -3.46. The first-order valence-electron chi connectivity index (χ1n) is 7.93. The van der Waals surface area contributed by atoms with Gasteiger partial charge in [-0.3, -0.25) is 14.1 Å². The summed E-state index contributed by atoms with van der Waals surface area (Å²) in [4.78, 5) is 49.8. The van der Waals surface area contributed by atoms with E-state index >= 15 is 0 Å². The van der Waals surface area contributed by atoms with Crippen LogP contribution in [0.15, 0.2) is 11.0 Å². The highest BCUT2D eigenvalue weighted by atomic mass is 32.1. The highest BCUT2D eigenvalue weighted by Crippen LogP contribution is 2.66. The third-order valence-corrected chi connectivity index (χ3v) is 8.30. The molecule has 6 atom stereocenters. The molecule has 2 fully saturated rings. The van der Waals surface area contributed by atoms with Gasteiger partial charge in [-0.15, -0.1) is 0 Å². The van der Waals surface area contributed by atoms with Crippen LogP contribution >= 0.6 is 35.7 Å². The maximum Gasteiger partial charge on any atom is 0.490 e. The van der Waals surface area contributed by atoms with E-state index in [2.05, 4.69) is 35.7 Å². The van der Waals surface area contributed by atoms with Crippen LogP contribution in [0, 0.1) is 10.5 Å². The molecule has 0 saturated carbocycles. The highest BCUT2D eigenvalue weighted by molar-refractivity contribution is 7.71. The Balaban J connectivity index is 1.73. The fraction of sp³-hybridized carbons (Fsp3) is 0.600. The van der Waals surface area contributed by atoms with Crippen molar-refractivity contribution in [2.24, 2.45) is 0 Å². The average molecular weight is 529 g/mol. The molecule has 0 aliphatic carbocycles. The predicted octanol–water partition coefficient (Wildman–Crippen LogP) is -1.01. The van der Waals surface area contributed by atoms with Crippen LogP contribution in [0.2, 0.25) is 0 Å². The van der Waals surface area contributed by atoms with Crippen LogP contribution in [0.4, 0.5) is 4.39 Å². The lowest BCUT2D eigenvalue weighted by molar-refractivity contribution is -0.0464. The number of rotatable bonds is 8. The lowest BCUT2D eigenvalue weighted by Crippen LogP contribution is -2.41. The SMILES string of the molecule is O=c1[nH]c(=S)c(F)cn1C1O[C@H](COP(=O)(O)OP(=O)(O)OP(=O)(O)O)C(O)[C@@]12CN2. The summed E-state index contributed by atoms with van der Waals surface area (Å²) in [5.41, 5.74) is -2.15. The molecule has 16 nitrogen and oxygen atoms in total. The summed E-state index contributed by atoms with van der Waals surface area (Å²) in [5, 5.41) is 13.2. The monoisotopic (exact) mass is 529 g/mol. The molecule has 1 aromatic heterocycles. The molecule has 7 N–H and O–H groups in total. The number of hydrogen-bond acceptors (Lipinski definition) is 11. The molecule has 2 aliphatic heterocycles. The van der Waals surface area contributed by atoms with E-state index in [0.29, 0.717) is 0 Å². The Morgan fingerprint density at radius 1 is 1.26 bits per heavy atom. The zero-order chi connectivity index (χ0) is 23.4. The van der Waals surface area contributed by atoms with Gasteiger partial charge in [-0.2, -0.15) is 8.62 Å². The Kier molecular flexibility index (Phi) is 6.66. The first-order chi connectivity index (χ1) is 14.1. The van der Waals surface area contributed by atoms with Gasteiger partial charge in [-0.25, -0.2) is 22.9 Å². The van der Waals surface area contributed by atoms with Crippen LogP contribution < -0.4 is 11.0 Å². The van der Waals surface area contributed by atoms with Gasteiger partial charge < -0.3 is 34.7 Å². The number of aliphatic hydroxyl groups excluding tert-OH is 1. The van der Waals surface area contributed by atoms with Crippen LogP contribution in [0.5, 0.6) is 0 Å². The summed E-state index contributed by atoms with van der Waals surface area (Å²) in [6, 6.07) is 0. The molecule has 1 aromatic rings. The van der Waals surface area contributed by atoms with E-state index in [1.54, 1.807) is 0 Å². The summed E-state index contributed by atoms with van der Waals surface area (Å²) in [6.45, 7) is -0.848. The quantitative estimate of drug-likeness (QED) is 0.121. The maximum absolute atomic E-state index is 13.8. The second-order valence-corrected chi connectivity index (χ2v) is 11.2. The van der Waals surface area contributed by atoms with Crippen molar-refractivity contribution >= 4 is 35.7 Å². The minimum Gasteiger partial charge on any atom is -0.388 e. The molecule has 0 aromatic carbocycles. The topological polar surface area (TPSA) is 249 Å². The molecule has 176 valence electrons. The third kappa shape index (κ3) is 5.63. The number of ether oxygens (including phenoxy) is 1. The van der Waals surface area contributed by atoms with Crippen molar-refractivity contribution in [2.75, 3.05) is 13.2 Å². The van der Waals surface area contributed by atoms with Crippen molar-refractivity contribution in [1.82, 2.24) is 14.9 Å². The van der Waals surface area contributed by atoms with Gasteiger partial charge in [-0.05, 0) is 0 Å². The van der Waals surface area contributed by atoms with Crippen molar-refractivity contribution in [3.8, 4) is 0 Å². The standard InChI is InChI=1S/C10H15FN3O13P3S/c11-4-1-14(9(16)13-7(4)31)8-10(3-12-10)6(15)5(25-8)2-24-29(20,21)27-30(22,23)26-28(17,18)19/h1,5-6,8,12,15H,2-3H2,(H,20,21)(H,22,23)(H,13,16,31)(H2,17,18,19)/t5-,6?,8?,10+/m1/s1. The normalized spacial score (nSPS) is 32.0. The van der Waals surface area contributed by atoms with Crippen LogP contribution in [0.1, 0.15) is 6.23 Å². The largest absolute Gasteiger partial charge is 0.490 e. The fourth-order valence-electron chi connectivity index (χ4n) is 2.88. The zero-order valence-electron chi connectivity index (χ0n) is 14.8. The van der Waals surface area contributed by atoms with Crippen LogP contribution in [-0.2, 0) is 31.6 Å². The summed E-state index contributed by atoms with van der Waals surface area (Å²) in [5.74, 6) is -0.958. The van der Waals surface area contributed by atoms with Gasteiger partial charge in [0.25, 0.3) is 0 Å². The van der Waals surface area contributed by atoms with Crippen LogP contribution in [0.3, 0.4) is 0 Å². The fourth-order valence-corrected chi connectivity index (χ4v) is 6.04. The van der Waals surface area contributed by atoms with Crippen LogP contribution in [0.25, 0.3) is 0 Å². The van der Waals surface area contributed by atoms with Crippen molar-refractivity contribution in [3.63, 3.8) is 0 Å². The van der Waals surface area contributed by atoms with E-state index in [4.69, 9.17) is 19.4 Å². The summed E-state index contributed by atoms with van der Waals surface area (Å²) >= 11 is 4.61. The molecular weight excluding hydrogens is 514 g/mol.